The normalized spacial score (nSPS) is 18.7. The van der Waals surface area contributed by atoms with Crippen molar-refractivity contribution in [1.82, 2.24) is 14.9 Å². The zero-order valence-electron chi connectivity index (χ0n) is 11.0. The minimum absolute atomic E-state index is 0.144. The van der Waals surface area contributed by atoms with Gasteiger partial charge in [-0.2, -0.15) is 0 Å². The Morgan fingerprint density at radius 1 is 1.39 bits per heavy atom. The van der Waals surface area contributed by atoms with Crippen molar-refractivity contribution < 1.29 is 8.42 Å². The maximum atomic E-state index is 11.4. The van der Waals surface area contributed by atoms with Gasteiger partial charge in [-0.05, 0) is 12.8 Å². The molecule has 0 unspecified atom stereocenters. The zero-order chi connectivity index (χ0) is 13.4. The van der Waals surface area contributed by atoms with Crippen molar-refractivity contribution in [2.45, 2.75) is 25.8 Å². The van der Waals surface area contributed by atoms with Crippen LogP contribution in [0.3, 0.4) is 0 Å². The molecule has 0 bridgehead atoms. The Kier molecular flexibility index (Phi) is 6.65. The minimum atomic E-state index is -3.10. The lowest BCUT2D eigenvalue weighted by Crippen LogP contribution is -2.44. The lowest BCUT2D eigenvalue weighted by molar-refractivity contribution is 0.219. The van der Waals surface area contributed by atoms with E-state index in [4.69, 9.17) is 6.42 Å². The van der Waals surface area contributed by atoms with Gasteiger partial charge in [0.2, 0.25) is 10.0 Å². The molecule has 0 spiro atoms. The SMILES string of the molecule is C#CCN1CCC(NCCS(=O)(=O)NCC)CC1. The molecule has 18 heavy (non-hydrogen) atoms. The highest BCUT2D eigenvalue weighted by atomic mass is 32.2. The topological polar surface area (TPSA) is 61.4 Å². The van der Waals surface area contributed by atoms with Gasteiger partial charge in [-0.3, -0.25) is 4.90 Å². The Balaban J connectivity index is 2.17. The van der Waals surface area contributed by atoms with E-state index in [1.807, 2.05) is 0 Å². The molecule has 2 N–H and O–H groups in total. The fraction of sp³-hybridized carbons (Fsp3) is 0.833. The smallest absolute Gasteiger partial charge is 0.212 e. The third-order valence-electron chi connectivity index (χ3n) is 3.07. The molecular formula is C12H23N3O2S. The van der Waals surface area contributed by atoms with Crippen LogP contribution in [0.5, 0.6) is 0 Å². The summed E-state index contributed by atoms with van der Waals surface area (Å²) in [4.78, 5) is 2.24. The first-order chi connectivity index (χ1) is 8.57. The second kappa shape index (κ2) is 7.74. The second-order valence-electron chi connectivity index (χ2n) is 4.53. The molecule has 0 radical (unpaired) electrons. The molecule has 0 amide bonds. The lowest BCUT2D eigenvalue weighted by atomic mass is 10.1. The highest BCUT2D eigenvalue weighted by molar-refractivity contribution is 7.89. The van der Waals surface area contributed by atoms with Crippen molar-refractivity contribution in [2.24, 2.45) is 0 Å². The maximum absolute atomic E-state index is 11.4. The number of hydrogen-bond donors (Lipinski definition) is 2. The molecule has 5 nitrogen and oxygen atoms in total. The number of nitrogens with zero attached hydrogens (tertiary/aromatic N) is 1. The Labute approximate surface area is 110 Å². The van der Waals surface area contributed by atoms with Crippen LogP contribution in [0.25, 0.3) is 0 Å². The molecule has 0 aliphatic carbocycles. The quantitative estimate of drug-likeness (QED) is 0.620. The van der Waals surface area contributed by atoms with Gasteiger partial charge in [0, 0.05) is 32.2 Å². The Morgan fingerprint density at radius 3 is 2.61 bits per heavy atom. The first kappa shape index (κ1) is 15.4. The van der Waals surface area contributed by atoms with E-state index in [2.05, 4.69) is 20.9 Å². The van der Waals surface area contributed by atoms with Crippen molar-refractivity contribution in [3.05, 3.63) is 0 Å². The Hall–Kier alpha value is -0.610. The van der Waals surface area contributed by atoms with Crippen molar-refractivity contribution >= 4 is 10.0 Å². The molecule has 1 fully saturated rings. The van der Waals surface area contributed by atoms with Gasteiger partial charge in [0.25, 0.3) is 0 Å². The molecular weight excluding hydrogens is 250 g/mol. The Morgan fingerprint density at radius 2 is 2.06 bits per heavy atom. The van der Waals surface area contributed by atoms with Gasteiger partial charge in [-0.25, -0.2) is 13.1 Å². The van der Waals surface area contributed by atoms with Crippen LogP contribution in [0, 0.1) is 12.3 Å². The fourth-order valence-corrected chi connectivity index (χ4v) is 3.08. The maximum Gasteiger partial charge on any atom is 0.212 e. The van der Waals surface area contributed by atoms with E-state index in [1.165, 1.54) is 0 Å². The van der Waals surface area contributed by atoms with Crippen molar-refractivity contribution in [2.75, 3.05) is 38.5 Å². The molecule has 1 saturated heterocycles. The van der Waals surface area contributed by atoms with Gasteiger partial charge in [-0.15, -0.1) is 6.42 Å². The summed E-state index contributed by atoms with van der Waals surface area (Å²) in [6, 6.07) is 0.413. The van der Waals surface area contributed by atoms with Gasteiger partial charge in [0.15, 0.2) is 0 Å². The third-order valence-corrected chi connectivity index (χ3v) is 4.54. The molecule has 1 heterocycles. The molecule has 0 aromatic carbocycles. The van der Waals surface area contributed by atoms with Crippen LogP contribution in [-0.2, 0) is 10.0 Å². The average Bonchev–Trinajstić information content (AvgIpc) is 2.31. The van der Waals surface area contributed by atoms with Crippen LogP contribution in [0.15, 0.2) is 0 Å². The second-order valence-corrected chi connectivity index (χ2v) is 6.45. The summed E-state index contributed by atoms with van der Waals surface area (Å²) in [5.74, 6) is 2.79. The van der Waals surface area contributed by atoms with E-state index in [0.717, 1.165) is 25.9 Å². The molecule has 1 aliphatic rings. The number of piperidine rings is 1. The van der Waals surface area contributed by atoms with Crippen LogP contribution in [-0.4, -0.2) is 57.8 Å². The molecule has 1 aliphatic heterocycles. The molecule has 104 valence electrons. The zero-order valence-corrected chi connectivity index (χ0v) is 11.8. The van der Waals surface area contributed by atoms with Gasteiger partial charge in [-0.1, -0.05) is 12.8 Å². The summed E-state index contributed by atoms with van der Waals surface area (Å²) in [7, 11) is -3.10. The van der Waals surface area contributed by atoms with Crippen LogP contribution >= 0.6 is 0 Å². The minimum Gasteiger partial charge on any atom is -0.313 e. The van der Waals surface area contributed by atoms with Crippen LogP contribution in [0.2, 0.25) is 0 Å². The van der Waals surface area contributed by atoms with Crippen molar-refractivity contribution in [3.8, 4) is 12.3 Å². The molecule has 1 rings (SSSR count). The number of terminal acetylenes is 1. The lowest BCUT2D eigenvalue weighted by Gasteiger charge is -2.31. The number of likely N-dealkylation sites (tertiary alicyclic amines) is 1. The van der Waals surface area contributed by atoms with Crippen molar-refractivity contribution in [3.63, 3.8) is 0 Å². The van der Waals surface area contributed by atoms with Gasteiger partial charge in [0.1, 0.15) is 0 Å². The monoisotopic (exact) mass is 273 g/mol. The fourth-order valence-electron chi connectivity index (χ4n) is 2.11. The molecule has 0 atom stereocenters. The Bertz CT molecular complexity index is 367. The summed E-state index contributed by atoms with van der Waals surface area (Å²) < 4.78 is 25.3. The van der Waals surface area contributed by atoms with Gasteiger partial charge < -0.3 is 5.32 Å². The van der Waals surface area contributed by atoms with E-state index in [1.54, 1.807) is 6.92 Å². The first-order valence-electron chi connectivity index (χ1n) is 6.44. The first-order valence-corrected chi connectivity index (χ1v) is 8.09. The molecule has 0 saturated carbocycles. The predicted octanol–water partition coefficient (Wildman–Crippen LogP) is -0.387. The summed E-state index contributed by atoms with van der Waals surface area (Å²) >= 11 is 0. The molecule has 0 aromatic heterocycles. The standard InChI is InChI=1S/C12H23N3O2S/c1-3-8-15-9-5-12(6-10-15)13-7-11-18(16,17)14-4-2/h1,12-14H,4-11H2,2H3. The summed E-state index contributed by atoms with van der Waals surface area (Å²) in [5, 5.41) is 3.30. The number of nitrogens with one attached hydrogen (secondary N) is 2. The van der Waals surface area contributed by atoms with Gasteiger partial charge >= 0.3 is 0 Å². The largest absolute Gasteiger partial charge is 0.313 e. The van der Waals surface area contributed by atoms with E-state index >= 15 is 0 Å². The predicted molar refractivity (Wildman–Crippen MR) is 73.8 cm³/mol. The highest BCUT2D eigenvalue weighted by Gasteiger charge is 2.18. The number of rotatable bonds is 7. The van der Waals surface area contributed by atoms with E-state index in [-0.39, 0.29) is 5.75 Å². The summed E-state index contributed by atoms with van der Waals surface area (Å²) in [6.45, 7) is 5.43. The molecule has 0 aromatic rings. The number of sulfonamides is 1. The van der Waals surface area contributed by atoms with Crippen LogP contribution in [0.1, 0.15) is 19.8 Å². The summed E-state index contributed by atoms with van der Waals surface area (Å²) in [6.07, 6.45) is 7.33. The van der Waals surface area contributed by atoms with Crippen LogP contribution < -0.4 is 10.0 Å². The number of hydrogen-bond acceptors (Lipinski definition) is 4. The average molecular weight is 273 g/mol. The van der Waals surface area contributed by atoms with Crippen molar-refractivity contribution in [1.29, 1.82) is 0 Å². The third kappa shape index (κ3) is 5.83. The van der Waals surface area contributed by atoms with Gasteiger partial charge in [0.05, 0.1) is 12.3 Å². The van der Waals surface area contributed by atoms with E-state index in [9.17, 15) is 8.42 Å². The summed E-state index contributed by atoms with van der Waals surface area (Å²) in [5.41, 5.74) is 0. The van der Waals surface area contributed by atoms with E-state index < -0.39 is 10.0 Å². The highest BCUT2D eigenvalue weighted by Crippen LogP contribution is 2.09. The van der Waals surface area contributed by atoms with E-state index in [0.29, 0.717) is 25.7 Å². The molecule has 6 heteroatoms. The van der Waals surface area contributed by atoms with Crippen LogP contribution in [0.4, 0.5) is 0 Å².